The Labute approximate surface area is 108 Å². The van der Waals surface area contributed by atoms with Gasteiger partial charge in [-0.15, -0.1) is 0 Å². The van der Waals surface area contributed by atoms with Crippen molar-refractivity contribution in [2.45, 2.75) is 25.8 Å². The average molecular weight is 243 g/mol. The Kier molecular flexibility index (Phi) is 2.78. The molecule has 3 heteroatoms. The van der Waals surface area contributed by atoms with Crippen LogP contribution in [0.3, 0.4) is 0 Å². The lowest BCUT2D eigenvalue weighted by Crippen LogP contribution is -2.31. The molecule has 0 aliphatic carbocycles. The lowest BCUT2D eigenvalue weighted by Gasteiger charge is -2.30. The SMILES string of the molecule is Cc1cn(C2CCN(C)CC2)c2ccc(N)cc12. The van der Waals surface area contributed by atoms with Crippen LogP contribution in [0.15, 0.2) is 24.4 Å². The summed E-state index contributed by atoms with van der Waals surface area (Å²) in [7, 11) is 2.20. The number of fused-ring (bicyclic) bond motifs is 1. The van der Waals surface area contributed by atoms with Crippen molar-refractivity contribution in [3.05, 3.63) is 30.0 Å². The Morgan fingerprint density at radius 3 is 2.67 bits per heavy atom. The molecule has 1 aliphatic rings. The molecule has 0 atom stereocenters. The minimum Gasteiger partial charge on any atom is -0.399 e. The van der Waals surface area contributed by atoms with E-state index in [0.717, 1.165) is 5.69 Å². The summed E-state index contributed by atoms with van der Waals surface area (Å²) in [5, 5.41) is 1.30. The van der Waals surface area contributed by atoms with Gasteiger partial charge in [0, 0.05) is 28.8 Å². The second kappa shape index (κ2) is 4.32. The number of piperidine rings is 1. The van der Waals surface area contributed by atoms with Crippen molar-refractivity contribution in [2.24, 2.45) is 0 Å². The van der Waals surface area contributed by atoms with Crippen LogP contribution in [-0.2, 0) is 0 Å². The third kappa shape index (κ3) is 1.89. The molecule has 2 heterocycles. The maximum absolute atomic E-state index is 5.88. The van der Waals surface area contributed by atoms with E-state index in [-0.39, 0.29) is 0 Å². The topological polar surface area (TPSA) is 34.2 Å². The Hall–Kier alpha value is -1.48. The Morgan fingerprint density at radius 2 is 1.94 bits per heavy atom. The quantitative estimate of drug-likeness (QED) is 0.781. The number of hydrogen-bond acceptors (Lipinski definition) is 2. The smallest absolute Gasteiger partial charge is 0.0487 e. The fraction of sp³-hybridized carbons (Fsp3) is 0.467. The van der Waals surface area contributed by atoms with Gasteiger partial charge in [-0.3, -0.25) is 0 Å². The maximum atomic E-state index is 5.88. The number of nitrogens with two attached hydrogens (primary N) is 1. The molecule has 0 bridgehead atoms. The molecule has 0 spiro atoms. The summed E-state index contributed by atoms with van der Waals surface area (Å²) in [6.07, 6.45) is 4.77. The van der Waals surface area contributed by atoms with Crippen LogP contribution in [0, 0.1) is 6.92 Å². The number of hydrogen-bond donors (Lipinski definition) is 1. The van der Waals surface area contributed by atoms with E-state index in [1.165, 1.54) is 42.4 Å². The van der Waals surface area contributed by atoms with Gasteiger partial charge in [-0.05, 0) is 63.7 Å². The van der Waals surface area contributed by atoms with Crippen LogP contribution in [0.25, 0.3) is 10.9 Å². The molecule has 96 valence electrons. The highest BCUT2D eigenvalue weighted by Gasteiger charge is 2.20. The predicted octanol–water partition coefficient (Wildman–Crippen LogP) is 2.80. The van der Waals surface area contributed by atoms with Crippen LogP contribution in [0.1, 0.15) is 24.4 Å². The minimum atomic E-state index is 0.640. The summed E-state index contributed by atoms with van der Waals surface area (Å²) in [5.41, 5.74) is 9.40. The van der Waals surface area contributed by atoms with Crippen LogP contribution >= 0.6 is 0 Å². The van der Waals surface area contributed by atoms with Crippen molar-refractivity contribution in [1.82, 2.24) is 9.47 Å². The molecule has 3 rings (SSSR count). The van der Waals surface area contributed by atoms with Crippen LogP contribution in [-0.4, -0.2) is 29.6 Å². The van der Waals surface area contributed by atoms with Crippen molar-refractivity contribution >= 4 is 16.6 Å². The molecule has 1 aromatic heterocycles. The number of nitrogens with zero attached hydrogens (tertiary/aromatic N) is 2. The van der Waals surface area contributed by atoms with Crippen LogP contribution in [0.4, 0.5) is 5.69 Å². The van der Waals surface area contributed by atoms with E-state index in [4.69, 9.17) is 5.73 Å². The monoisotopic (exact) mass is 243 g/mol. The Bertz CT molecular complexity index is 562. The summed E-state index contributed by atoms with van der Waals surface area (Å²) < 4.78 is 2.46. The van der Waals surface area contributed by atoms with Crippen molar-refractivity contribution in [3.63, 3.8) is 0 Å². The van der Waals surface area contributed by atoms with Gasteiger partial charge < -0.3 is 15.2 Å². The van der Waals surface area contributed by atoms with Gasteiger partial charge >= 0.3 is 0 Å². The lowest BCUT2D eigenvalue weighted by atomic mass is 10.1. The predicted molar refractivity (Wildman–Crippen MR) is 76.9 cm³/mol. The molecule has 3 nitrogen and oxygen atoms in total. The van der Waals surface area contributed by atoms with Gasteiger partial charge in [0.05, 0.1) is 0 Å². The third-order valence-corrected chi connectivity index (χ3v) is 4.14. The highest BCUT2D eigenvalue weighted by atomic mass is 15.1. The Balaban J connectivity index is 2.02. The number of anilines is 1. The highest BCUT2D eigenvalue weighted by Crippen LogP contribution is 2.30. The molecule has 2 N–H and O–H groups in total. The van der Waals surface area contributed by atoms with E-state index in [9.17, 15) is 0 Å². The molecule has 1 fully saturated rings. The maximum Gasteiger partial charge on any atom is 0.0487 e. The van der Waals surface area contributed by atoms with E-state index >= 15 is 0 Å². The fourth-order valence-corrected chi connectivity index (χ4v) is 3.02. The zero-order valence-corrected chi connectivity index (χ0v) is 11.2. The van der Waals surface area contributed by atoms with Crippen molar-refractivity contribution in [2.75, 3.05) is 25.9 Å². The zero-order valence-electron chi connectivity index (χ0n) is 11.2. The van der Waals surface area contributed by atoms with Crippen LogP contribution in [0.2, 0.25) is 0 Å². The summed E-state index contributed by atoms with van der Waals surface area (Å²) >= 11 is 0. The fourth-order valence-electron chi connectivity index (χ4n) is 3.02. The largest absolute Gasteiger partial charge is 0.399 e. The molecule has 18 heavy (non-hydrogen) atoms. The van der Waals surface area contributed by atoms with Gasteiger partial charge in [-0.1, -0.05) is 0 Å². The number of aromatic nitrogens is 1. The molecule has 0 radical (unpaired) electrons. The molecular formula is C15H21N3. The van der Waals surface area contributed by atoms with Crippen molar-refractivity contribution in [1.29, 1.82) is 0 Å². The van der Waals surface area contributed by atoms with Gasteiger partial charge in [0.25, 0.3) is 0 Å². The molecular weight excluding hydrogens is 222 g/mol. The molecule has 0 amide bonds. The van der Waals surface area contributed by atoms with E-state index in [1.807, 2.05) is 6.07 Å². The molecule has 0 saturated carbocycles. The van der Waals surface area contributed by atoms with Gasteiger partial charge in [-0.2, -0.15) is 0 Å². The highest BCUT2D eigenvalue weighted by molar-refractivity contribution is 5.86. The van der Waals surface area contributed by atoms with E-state index in [0.29, 0.717) is 6.04 Å². The first-order chi connectivity index (χ1) is 8.65. The van der Waals surface area contributed by atoms with E-state index < -0.39 is 0 Å². The second-order valence-electron chi connectivity index (χ2n) is 5.53. The van der Waals surface area contributed by atoms with Gasteiger partial charge in [0.2, 0.25) is 0 Å². The number of aryl methyl sites for hydroxylation is 1. The second-order valence-corrected chi connectivity index (χ2v) is 5.53. The molecule has 1 aromatic carbocycles. The van der Waals surface area contributed by atoms with Crippen molar-refractivity contribution < 1.29 is 0 Å². The van der Waals surface area contributed by atoms with Gasteiger partial charge in [0.1, 0.15) is 0 Å². The first kappa shape index (κ1) is 11.6. The summed E-state index contributed by atoms with van der Waals surface area (Å²) in [6.45, 7) is 4.56. The Morgan fingerprint density at radius 1 is 1.22 bits per heavy atom. The average Bonchev–Trinajstić information content (AvgIpc) is 2.68. The van der Waals surface area contributed by atoms with E-state index in [1.54, 1.807) is 0 Å². The van der Waals surface area contributed by atoms with Gasteiger partial charge in [-0.25, -0.2) is 0 Å². The van der Waals surface area contributed by atoms with E-state index in [2.05, 4.69) is 41.8 Å². The number of rotatable bonds is 1. The lowest BCUT2D eigenvalue weighted by molar-refractivity contribution is 0.224. The number of benzene rings is 1. The molecule has 1 saturated heterocycles. The third-order valence-electron chi connectivity index (χ3n) is 4.14. The zero-order chi connectivity index (χ0) is 12.7. The summed E-state index contributed by atoms with van der Waals surface area (Å²) in [6, 6.07) is 6.90. The molecule has 0 unspecified atom stereocenters. The summed E-state index contributed by atoms with van der Waals surface area (Å²) in [5.74, 6) is 0. The van der Waals surface area contributed by atoms with Gasteiger partial charge in [0.15, 0.2) is 0 Å². The molecule has 1 aliphatic heterocycles. The van der Waals surface area contributed by atoms with Crippen molar-refractivity contribution in [3.8, 4) is 0 Å². The number of likely N-dealkylation sites (tertiary alicyclic amines) is 1. The first-order valence-electron chi connectivity index (χ1n) is 6.70. The minimum absolute atomic E-state index is 0.640. The summed E-state index contributed by atoms with van der Waals surface area (Å²) in [4.78, 5) is 2.41. The standard InChI is InChI=1S/C15H21N3/c1-11-10-18(13-5-7-17(2)8-6-13)15-4-3-12(16)9-14(11)15/h3-4,9-10,13H,5-8,16H2,1-2H3. The van der Waals surface area contributed by atoms with Crippen LogP contribution in [0.5, 0.6) is 0 Å². The first-order valence-corrected chi connectivity index (χ1v) is 6.70. The normalized spacial score (nSPS) is 18.6. The van der Waals surface area contributed by atoms with Crippen LogP contribution < -0.4 is 5.73 Å². The molecule has 2 aromatic rings. The number of nitrogen functional groups attached to an aromatic ring is 1.